The van der Waals surface area contributed by atoms with Crippen molar-refractivity contribution in [1.82, 2.24) is 10.6 Å². The molecule has 2 heterocycles. The number of hydrogen-bond donors (Lipinski definition) is 2. The molecule has 5 nitrogen and oxygen atoms in total. The largest absolute Gasteiger partial charge is 0.344 e. The van der Waals surface area contributed by atoms with Crippen LogP contribution in [0.5, 0.6) is 0 Å². The predicted octanol–water partition coefficient (Wildman–Crippen LogP) is 0.524. The van der Waals surface area contributed by atoms with Crippen molar-refractivity contribution >= 4 is 17.7 Å². The van der Waals surface area contributed by atoms with E-state index in [0.29, 0.717) is 18.4 Å². The molecule has 2 N–H and O–H groups in total. The van der Waals surface area contributed by atoms with Crippen LogP contribution >= 0.6 is 0 Å². The number of carbonyl (C=O) groups is 3. The molecule has 2 aliphatic heterocycles. The summed E-state index contributed by atoms with van der Waals surface area (Å²) in [5, 5.41) is 5.15. The number of imide groups is 1. The van der Waals surface area contributed by atoms with Crippen LogP contribution in [0.25, 0.3) is 0 Å². The number of benzene rings is 1. The molecule has 1 saturated heterocycles. The fourth-order valence-electron chi connectivity index (χ4n) is 2.62. The number of piperidine rings is 1. The SMILES string of the molecule is O=C1CCC(C2NC(=O)c3ccccc32)C(=O)N1. The maximum absolute atomic E-state index is 11.8. The Morgan fingerprint density at radius 2 is 1.89 bits per heavy atom. The van der Waals surface area contributed by atoms with E-state index < -0.39 is 0 Å². The average Bonchev–Trinajstić information content (AvgIpc) is 2.68. The highest BCUT2D eigenvalue weighted by molar-refractivity contribution is 6.02. The molecule has 1 fully saturated rings. The standard InChI is InChI=1S/C13H12N2O3/c16-10-6-5-9(13(18)14-10)11-7-3-1-2-4-8(7)12(17)15-11/h1-4,9,11H,5-6H2,(H,15,17)(H,14,16,18). The predicted molar refractivity (Wildman–Crippen MR) is 62.5 cm³/mol. The van der Waals surface area contributed by atoms with Crippen LogP contribution in [0, 0.1) is 5.92 Å². The van der Waals surface area contributed by atoms with Gasteiger partial charge in [0.1, 0.15) is 0 Å². The second-order valence-corrected chi connectivity index (χ2v) is 4.60. The van der Waals surface area contributed by atoms with Crippen molar-refractivity contribution in [1.29, 1.82) is 0 Å². The number of rotatable bonds is 1. The van der Waals surface area contributed by atoms with Gasteiger partial charge in [-0.05, 0) is 18.1 Å². The first-order valence-corrected chi connectivity index (χ1v) is 5.90. The van der Waals surface area contributed by atoms with Gasteiger partial charge < -0.3 is 5.32 Å². The van der Waals surface area contributed by atoms with Crippen LogP contribution in [-0.4, -0.2) is 17.7 Å². The lowest BCUT2D eigenvalue weighted by atomic mass is 9.87. The molecule has 0 bridgehead atoms. The van der Waals surface area contributed by atoms with E-state index in [-0.39, 0.29) is 29.7 Å². The Labute approximate surface area is 104 Å². The number of fused-ring (bicyclic) bond motifs is 1. The lowest BCUT2D eigenvalue weighted by Gasteiger charge is -2.26. The van der Waals surface area contributed by atoms with Crippen molar-refractivity contribution < 1.29 is 14.4 Å². The molecule has 18 heavy (non-hydrogen) atoms. The molecule has 5 heteroatoms. The second kappa shape index (κ2) is 3.94. The summed E-state index contributed by atoms with van der Waals surface area (Å²) in [6, 6.07) is 6.92. The van der Waals surface area contributed by atoms with E-state index in [1.165, 1.54) is 0 Å². The van der Waals surface area contributed by atoms with Crippen LogP contribution in [0.15, 0.2) is 24.3 Å². The number of nitrogens with one attached hydrogen (secondary N) is 2. The Morgan fingerprint density at radius 1 is 1.11 bits per heavy atom. The molecule has 0 aromatic heterocycles. The summed E-state index contributed by atoms with van der Waals surface area (Å²) in [6.07, 6.45) is 0.800. The van der Waals surface area contributed by atoms with Crippen LogP contribution in [0.2, 0.25) is 0 Å². The molecule has 2 unspecified atom stereocenters. The van der Waals surface area contributed by atoms with E-state index in [0.717, 1.165) is 5.56 Å². The van der Waals surface area contributed by atoms with Crippen molar-refractivity contribution in [2.45, 2.75) is 18.9 Å². The number of amides is 3. The van der Waals surface area contributed by atoms with Gasteiger partial charge in [0.2, 0.25) is 11.8 Å². The molecule has 0 saturated carbocycles. The van der Waals surface area contributed by atoms with Gasteiger partial charge in [-0.25, -0.2) is 0 Å². The van der Waals surface area contributed by atoms with Crippen molar-refractivity contribution in [3.63, 3.8) is 0 Å². The Balaban J connectivity index is 1.93. The lowest BCUT2D eigenvalue weighted by Crippen LogP contribution is -2.45. The number of hydrogen-bond acceptors (Lipinski definition) is 3. The van der Waals surface area contributed by atoms with Crippen LogP contribution in [0.3, 0.4) is 0 Å². The molecule has 3 amide bonds. The summed E-state index contributed by atoms with van der Waals surface area (Å²) in [5.41, 5.74) is 1.46. The first kappa shape index (κ1) is 11.0. The summed E-state index contributed by atoms with van der Waals surface area (Å²) in [4.78, 5) is 34.7. The van der Waals surface area contributed by atoms with Crippen molar-refractivity contribution in [2.75, 3.05) is 0 Å². The molecule has 1 aromatic rings. The normalized spacial score (nSPS) is 26.6. The zero-order chi connectivity index (χ0) is 12.7. The van der Waals surface area contributed by atoms with Crippen molar-refractivity contribution in [2.24, 2.45) is 5.92 Å². The number of carbonyl (C=O) groups excluding carboxylic acids is 3. The molecular weight excluding hydrogens is 232 g/mol. The third-order valence-electron chi connectivity index (χ3n) is 3.51. The van der Waals surface area contributed by atoms with E-state index in [4.69, 9.17) is 0 Å². The maximum atomic E-state index is 11.8. The van der Waals surface area contributed by atoms with Crippen LogP contribution < -0.4 is 10.6 Å². The van der Waals surface area contributed by atoms with Gasteiger partial charge in [-0.2, -0.15) is 0 Å². The van der Waals surface area contributed by atoms with Gasteiger partial charge in [0.05, 0.1) is 12.0 Å². The highest BCUT2D eigenvalue weighted by Crippen LogP contribution is 2.34. The highest BCUT2D eigenvalue weighted by atomic mass is 16.2. The topological polar surface area (TPSA) is 75.3 Å². The van der Waals surface area contributed by atoms with Gasteiger partial charge in [-0.15, -0.1) is 0 Å². The Morgan fingerprint density at radius 3 is 2.67 bits per heavy atom. The van der Waals surface area contributed by atoms with E-state index in [2.05, 4.69) is 10.6 Å². The van der Waals surface area contributed by atoms with E-state index in [9.17, 15) is 14.4 Å². The van der Waals surface area contributed by atoms with Gasteiger partial charge in [-0.3, -0.25) is 19.7 Å². The molecule has 1 aromatic carbocycles. The first-order chi connectivity index (χ1) is 8.66. The minimum atomic E-state index is -0.365. The summed E-state index contributed by atoms with van der Waals surface area (Å²) < 4.78 is 0. The fraction of sp³-hybridized carbons (Fsp3) is 0.308. The van der Waals surface area contributed by atoms with Crippen LogP contribution in [0.1, 0.15) is 34.8 Å². The van der Waals surface area contributed by atoms with E-state index in [1.807, 2.05) is 12.1 Å². The lowest BCUT2D eigenvalue weighted by molar-refractivity contribution is -0.137. The molecule has 0 aliphatic carbocycles. The summed E-state index contributed by atoms with van der Waals surface area (Å²) in [5.74, 6) is -1.06. The zero-order valence-corrected chi connectivity index (χ0v) is 9.60. The van der Waals surface area contributed by atoms with E-state index >= 15 is 0 Å². The first-order valence-electron chi connectivity index (χ1n) is 5.90. The molecular formula is C13H12N2O3. The quantitative estimate of drug-likeness (QED) is 0.707. The van der Waals surface area contributed by atoms with Crippen molar-refractivity contribution in [3.05, 3.63) is 35.4 Å². The zero-order valence-electron chi connectivity index (χ0n) is 9.60. The van der Waals surface area contributed by atoms with Crippen molar-refractivity contribution in [3.8, 4) is 0 Å². The molecule has 2 atom stereocenters. The Hall–Kier alpha value is -2.17. The summed E-state index contributed by atoms with van der Waals surface area (Å²) in [6.45, 7) is 0. The third kappa shape index (κ3) is 1.59. The Kier molecular flexibility index (Phi) is 2.40. The van der Waals surface area contributed by atoms with Gasteiger partial charge in [0, 0.05) is 12.0 Å². The fourth-order valence-corrected chi connectivity index (χ4v) is 2.62. The molecule has 3 rings (SSSR count). The Bertz CT molecular complexity index is 553. The highest BCUT2D eigenvalue weighted by Gasteiger charge is 2.39. The summed E-state index contributed by atoms with van der Waals surface area (Å²) in [7, 11) is 0. The maximum Gasteiger partial charge on any atom is 0.252 e. The second-order valence-electron chi connectivity index (χ2n) is 4.60. The van der Waals surface area contributed by atoms with Gasteiger partial charge in [0.25, 0.3) is 5.91 Å². The van der Waals surface area contributed by atoms with Crippen LogP contribution in [-0.2, 0) is 9.59 Å². The van der Waals surface area contributed by atoms with Gasteiger partial charge in [-0.1, -0.05) is 18.2 Å². The third-order valence-corrected chi connectivity index (χ3v) is 3.51. The van der Waals surface area contributed by atoms with Gasteiger partial charge >= 0.3 is 0 Å². The van der Waals surface area contributed by atoms with E-state index in [1.54, 1.807) is 12.1 Å². The monoisotopic (exact) mass is 244 g/mol. The molecule has 0 radical (unpaired) electrons. The smallest absolute Gasteiger partial charge is 0.252 e. The van der Waals surface area contributed by atoms with Gasteiger partial charge in [0.15, 0.2) is 0 Å². The minimum Gasteiger partial charge on any atom is -0.344 e. The summed E-state index contributed by atoms with van der Waals surface area (Å²) >= 11 is 0. The van der Waals surface area contributed by atoms with Crippen LogP contribution in [0.4, 0.5) is 0 Å². The minimum absolute atomic E-state index is 0.152. The molecule has 2 aliphatic rings. The molecule has 0 spiro atoms. The average molecular weight is 244 g/mol. The molecule has 92 valence electrons.